The molecule has 1 heterocycles. The van der Waals surface area contributed by atoms with Crippen molar-refractivity contribution in [3.05, 3.63) is 17.0 Å². The summed E-state index contributed by atoms with van der Waals surface area (Å²) in [4.78, 5) is 0. The van der Waals surface area contributed by atoms with Crippen LogP contribution < -0.4 is 0 Å². The molecule has 1 rings (SSSR count). The van der Waals surface area contributed by atoms with Gasteiger partial charge in [0.05, 0.1) is 0 Å². The molecule has 1 aromatic heterocycles. The lowest BCUT2D eigenvalue weighted by molar-refractivity contribution is 0.523. The summed E-state index contributed by atoms with van der Waals surface area (Å²) in [5.41, 5.74) is 0.840. The fraction of sp³-hybridized carbons (Fsp3) is 0.429. The average molecular weight is 240 g/mol. The van der Waals surface area contributed by atoms with Gasteiger partial charge in [0.1, 0.15) is 4.21 Å². The lowest BCUT2D eigenvalue weighted by Crippen LogP contribution is -2.21. The molecule has 0 aliphatic carbocycles. The molecule has 0 saturated heterocycles. The van der Waals surface area contributed by atoms with E-state index in [-0.39, 0.29) is 0 Å². The normalized spacial score (nSPS) is 12.3. The second kappa shape index (κ2) is 3.96. The van der Waals surface area contributed by atoms with Crippen molar-refractivity contribution < 1.29 is 8.42 Å². The van der Waals surface area contributed by atoms with Crippen LogP contribution in [-0.4, -0.2) is 26.8 Å². The van der Waals surface area contributed by atoms with E-state index in [0.29, 0.717) is 10.1 Å². The van der Waals surface area contributed by atoms with Crippen LogP contribution in [0, 0.1) is 0 Å². The molecule has 0 unspecified atom stereocenters. The van der Waals surface area contributed by atoms with Gasteiger partial charge in [-0.3, -0.25) is 0 Å². The van der Waals surface area contributed by atoms with Gasteiger partial charge in [0, 0.05) is 20.0 Å². The Morgan fingerprint density at radius 3 is 2.54 bits per heavy atom. The van der Waals surface area contributed by atoms with Gasteiger partial charge in [-0.2, -0.15) is 0 Å². The molecule has 0 aliphatic heterocycles. The largest absolute Gasteiger partial charge is 0.252 e. The number of nitrogens with zero attached hydrogens (tertiary/aromatic N) is 1. The van der Waals surface area contributed by atoms with Gasteiger partial charge >= 0.3 is 0 Å². The average Bonchev–Trinajstić information content (AvgIpc) is 2.51. The van der Waals surface area contributed by atoms with Gasteiger partial charge in [-0.15, -0.1) is 22.9 Å². The Balaban J connectivity index is 3.09. The van der Waals surface area contributed by atoms with Crippen LogP contribution >= 0.6 is 22.9 Å². The highest BCUT2D eigenvalue weighted by Crippen LogP contribution is 2.23. The lowest BCUT2D eigenvalue weighted by Gasteiger charge is -2.08. The van der Waals surface area contributed by atoms with Crippen LogP contribution in [0.5, 0.6) is 0 Å². The van der Waals surface area contributed by atoms with Crippen molar-refractivity contribution in [2.24, 2.45) is 0 Å². The summed E-state index contributed by atoms with van der Waals surface area (Å²) in [7, 11) is -0.254. The van der Waals surface area contributed by atoms with Gasteiger partial charge in [-0.05, 0) is 17.0 Å². The van der Waals surface area contributed by atoms with Crippen LogP contribution in [0.2, 0.25) is 0 Å². The highest BCUT2D eigenvalue weighted by molar-refractivity contribution is 7.91. The summed E-state index contributed by atoms with van der Waals surface area (Å²) < 4.78 is 24.6. The molecule has 3 nitrogen and oxygen atoms in total. The first-order valence-electron chi connectivity index (χ1n) is 3.54. The second-order valence-electron chi connectivity index (χ2n) is 2.70. The maximum atomic E-state index is 11.6. The molecule has 0 fully saturated rings. The Bertz CT molecular complexity index is 383. The maximum absolute atomic E-state index is 11.6. The molecule has 6 heteroatoms. The molecule has 0 atom stereocenters. The molecule has 13 heavy (non-hydrogen) atoms. The van der Waals surface area contributed by atoms with E-state index in [1.165, 1.54) is 29.7 Å². The van der Waals surface area contributed by atoms with E-state index < -0.39 is 10.0 Å². The van der Waals surface area contributed by atoms with Crippen LogP contribution in [0.25, 0.3) is 0 Å². The molecule has 0 N–H and O–H groups in total. The monoisotopic (exact) mass is 239 g/mol. The Kier molecular flexibility index (Phi) is 3.34. The molecule has 0 aliphatic rings. The van der Waals surface area contributed by atoms with E-state index in [2.05, 4.69) is 0 Å². The fourth-order valence-corrected chi connectivity index (χ4v) is 3.36. The zero-order chi connectivity index (χ0) is 10.1. The molecule has 0 aromatic carbocycles. The third kappa shape index (κ3) is 2.22. The SMILES string of the molecule is CN(C)S(=O)(=O)c1cc(CCl)cs1. The van der Waals surface area contributed by atoms with Gasteiger partial charge in [-0.1, -0.05) is 0 Å². The quantitative estimate of drug-likeness (QED) is 0.754. The first-order chi connectivity index (χ1) is 5.98. The smallest absolute Gasteiger partial charge is 0.206 e. The number of thiophene rings is 1. The van der Waals surface area contributed by atoms with Crippen LogP contribution in [-0.2, 0) is 15.9 Å². The summed E-state index contributed by atoms with van der Waals surface area (Å²) in [6.07, 6.45) is 0. The first kappa shape index (κ1) is 11.0. The third-order valence-corrected chi connectivity index (χ3v) is 5.11. The Labute approximate surface area is 87.0 Å². The standard InChI is InChI=1S/C7H10ClNO2S2/c1-9(2)13(10,11)7-3-6(4-8)5-12-7/h3,5H,4H2,1-2H3. The molecule has 0 spiro atoms. The minimum atomic E-state index is -3.27. The predicted molar refractivity (Wildman–Crippen MR) is 54.7 cm³/mol. The second-order valence-corrected chi connectivity index (χ2v) is 6.25. The highest BCUT2D eigenvalue weighted by Gasteiger charge is 2.18. The van der Waals surface area contributed by atoms with Crippen LogP contribution in [0.1, 0.15) is 5.56 Å². The third-order valence-electron chi connectivity index (χ3n) is 1.52. The van der Waals surface area contributed by atoms with Gasteiger partial charge in [0.25, 0.3) is 10.0 Å². The van der Waals surface area contributed by atoms with E-state index in [0.717, 1.165) is 5.56 Å². The summed E-state index contributed by atoms with van der Waals surface area (Å²) in [6, 6.07) is 1.60. The summed E-state index contributed by atoms with van der Waals surface area (Å²) in [5.74, 6) is 0.347. The zero-order valence-corrected chi connectivity index (χ0v) is 9.71. The number of hydrogen-bond acceptors (Lipinski definition) is 3. The van der Waals surface area contributed by atoms with Crippen molar-refractivity contribution in [1.29, 1.82) is 0 Å². The molecule has 1 aromatic rings. The van der Waals surface area contributed by atoms with Gasteiger partial charge < -0.3 is 0 Å². The van der Waals surface area contributed by atoms with Crippen molar-refractivity contribution in [3.63, 3.8) is 0 Å². The van der Waals surface area contributed by atoms with E-state index in [4.69, 9.17) is 11.6 Å². The van der Waals surface area contributed by atoms with Crippen LogP contribution in [0.4, 0.5) is 0 Å². The Hall–Kier alpha value is -0.100. The molecular formula is C7H10ClNO2S2. The molecule has 0 saturated carbocycles. The van der Waals surface area contributed by atoms with Crippen molar-refractivity contribution in [3.8, 4) is 0 Å². The van der Waals surface area contributed by atoms with Crippen molar-refractivity contribution in [1.82, 2.24) is 4.31 Å². The number of sulfonamides is 1. The summed E-state index contributed by atoms with van der Waals surface area (Å²) in [5, 5.41) is 1.75. The van der Waals surface area contributed by atoms with E-state index >= 15 is 0 Å². The fourth-order valence-electron chi connectivity index (χ4n) is 0.738. The number of hydrogen-bond donors (Lipinski definition) is 0. The van der Waals surface area contributed by atoms with E-state index in [1.54, 1.807) is 11.4 Å². The molecule has 0 amide bonds. The maximum Gasteiger partial charge on any atom is 0.252 e. The minimum Gasteiger partial charge on any atom is -0.206 e. The Morgan fingerprint density at radius 2 is 2.15 bits per heavy atom. The van der Waals surface area contributed by atoms with Gasteiger partial charge in [0.15, 0.2) is 0 Å². The number of alkyl halides is 1. The number of halogens is 1. The van der Waals surface area contributed by atoms with Crippen molar-refractivity contribution in [2.75, 3.05) is 14.1 Å². The molecule has 74 valence electrons. The van der Waals surface area contributed by atoms with Gasteiger partial charge in [0.2, 0.25) is 0 Å². The van der Waals surface area contributed by atoms with Crippen molar-refractivity contribution in [2.45, 2.75) is 10.1 Å². The van der Waals surface area contributed by atoms with E-state index in [9.17, 15) is 8.42 Å². The van der Waals surface area contributed by atoms with Crippen LogP contribution in [0.3, 0.4) is 0 Å². The lowest BCUT2D eigenvalue weighted by atomic mass is 10.4. The minimum absolute atomic E-state index is 0.341. The van der Waals surface area contributed by atoms with Crippen molar-refractivity contribution >= 4 is 33.0 Å². The predicted octanol–water partition coefficient (Wildman–Crippen LogP) is 1.74. The Morgan fingerprint density at radius 1 is 1.54 bits per heavy atom. The number of rotatable bonds is 3. The zero-order valence-electron chi connectivity index (χ0n) is 7.32. The molecule has 0 radical (unpaired) electrons. The summed E-state index contributed by atoms with van der Waals surface area (Å²) >= 11 is 6.76. The molecule has 0 bridgehead atoms. The van der Waals surface area contributed by atoms with E-state index in [1.807, 2.05) is 0 Å². The topological polar surface area (TPSA) is 37.4 Å². The van der Waals surface area contributed by atoms with Gasteiger partial charge in [-0.25, -0.2) is 12.7 Å². The van der Waals surface area contributed by atoms with Crippen LogP contribution in [0.15, 0.2) is 15.7 Å². The molecular weight excluding hydrogens is 230 g/mol. The summed E-state index contributed by atoms with van der Waals surface area (Å²) in [6.45, 7) is 0. The first-order valence-corrected chi connectivity index (χ1v) is 6.40. The highest BCUT2D eigenvalue weighted by atomic mass is 35.5.